The summed E-state index contributed by atoms with van der Waals surface area (Å²) in [6.45, 7) is 6.58. The normalized spacial score (nSPS) is 10.8. The summed E-state index contributed by atoms with van der Waals surface area (Å²) in [5, 5.41) is 10.2. The van der Waals surface area contributed by atoms with Crippen LogP contribution < -0.4 is 10.2 Å². The molecule has 0 aliphatic heterocycles. The van der Waals surface area contributed by atoms with E-state index in [1.165, 1.54) is 0 Å². The number of H-pyrrole nitrogens is 1. The number of amides is 1. The minimum atomic E-state index is -0.119. The molecule has 2 aromatic heterocycles. The highest BCUT2D eigenvalue weighted by molar-refractivity contribution is 5.99. The van der Waals surface area contributed by atoms with Gasteiger partial charge in [0.05, 0.1) is 17.0 Å². The van der Waals surface area contributed by atoms with Crippen molar-refractivity contribution in [1.29, 1.82) is 0 Å². The second-order valence-electron chi connectivity index (χ2n) is 7.20. The van der Waals surface area contributed by atoms with Crippen LogP contribution in [-0.2, 0) is 6.42 Å². The fourth-order valence-corrected chi connectivity index (χ4v) is 3.32. The van der Waals surface area contributed by atoms with Crippen LogP contribution in [0.3, 0.4) is 0 Å². The molecule has 146 valence electrons. The number of aryl methyl sites for hydroxylation is 3. The highest BCUT2D eigenvalue weighted by Crippen LogP contribution is 2.25. The van der Waals surface area contributed by atoms with Crippen molar-refractivity contribution >= 4 is 11.7 Å². The van der Waals surface area contributed by atoms with Crippen LogP contribution in [-0.4, -0.2) is 41.7 Å². The van der Waals surface area contributed by atoms with Gasteiger partial charge in [-0.1, -0.05) is 24.3 Å². The summed E-state index contributed by atoms with van der Waals surface area (Å²) in [4.78, 5) is 19.4. The number of hydrogen-bond donors (Lipinski definition) is 2. The van der Waals surface area contributed by atoms with Gasteiger partial charge in [0.2, 0.25) is 0 Å². The Labute approximate surface area is 166 Å². The number of aromatic amines is 1. The Hall–Kier alpha value is -3.15. The first-order valence-corrected chi connectivity index (χ1v) is 9.41. The SMILES string of the molecule is Cc1ccccc1-c1ccc(C(=O)NCCc2c(C)n[nH]c2C)c(N(C)C)n1. The van der Waals surface area contributed by atoms with Crippen molar-refractivity contribution in [3.8, 4) is 11.3 Å². The van der Waals surface area contributed by atoms with Gasteiger partial charge in [-0.05, 0) is 50.5 Å². The number of hydrogen-bond acceptors (Lipinski definition) is 4. The summed E-state index contributed by atoms with van der Waals surface area (Å²) in [5.74, 6) is 0.542. The maximum absolute atomic E-state index is 12.8. The summed E-state index contributed by atoms with van der Waals surface area (Å²) in [6.07, 6.45) is 0.742. The molecule has 0 unspecified atom stereocenters. The lowest BCUT2D eigenvalue weighted by Crippen LogP contribution is -2.28. The van der Waals surface area contributed by atoms with Crippen molar-refractivity contribution in [1.82, 2.24) is 20.5 Å². The molecule has 0 bridgehead atoms. The standard InChI is InChI=1S/C22H27N5O/c1-14-8-6-7-9-17(14)20-11-10-19(21(24-20)27(4)5)22(28)23-13-12-18-15(2)25-26-16(18)3/h6-11H,12-13H2,1-5H3,(H,23,28)(H,25,26). The second-order valence-corrected chi connectivity index (χ2v) is 7.20. The van der Waals surface area contributed by atoms with Crippen LogP contribution in [0.2, 0.25) is 0 Å². The Kier molecular flexibility index (Phi) is 5.78. The molecule has 28 heavy (non-hydrogen) atoms. The van der Waals surface area contributed by atoms with Gasteiger partial charge in [-0.25, -0.2) is 4.98 Å². The molecule has 6 heteroatoms. The predicted octanol–water partition coefficient (Wildman–Crippen LogP) is 3.44. The van der Waals surface area contributed by atoms with E-state index in [9.17, 15) is 4.79 Å². The summed E-state index contributed by atoms with van der Waals surface area (Å²) in [5.41, 5.74) is 6.84. The molecule has 0 saturated carbocycles. The van der Waals surface area contributed by atoms with Gasteiger partial charge in [0.25, 0.3) is 5.91 Å². The number of benzene rings is 1. The average Bonchev–Trinajstić information content (AvgIpc) is 3.00. The zero-order chi connectivity index (χ0) is 20.3. The first-order valence-electron chi connectivity index (χ1n) is 9.41. The Morgan fingerprint density at radius 1 is 1.11 bits per heavy atom. The van der Waals surface area contributed by atoms with E-state index in [2.05, 4.69) is 28.5 Å². The van der Waals surface area contributed by atoms with E-state index in [1.54, 1.807) is 0 Å². The third kappa shape index (κ3) is 4.06. The van der Waals surface area contributed by atoms with Crippen LogP contribution in [0.4, 0.5) is 5.82 Å². The van der Waals surface area contributed by atoms with Gasteiger partial charge in [-0.3, -0.25) is 9.89 Å². The predicted molar refractivity (Wildman–Crippen MR) is 113 cm³/mol. The highest BCUT2D eigenvalue weighted by atomic mass is 16.1. The fraction of sp³-hybridized carbons (Fsp3) is 0.318. The first-order chi connectivity index (χ1) is 13.4. The minimum absolute atomic E-state index is 0.119. The summed E-state index contributed by atoms with van der Waals surface area (Å²) in [7, 11) is 3.80. The Balaban J connectivity index is 1.79. The second kappa shape index (κ2) is 8.25. The number of carbonyl (C=O) groups is 1. The van der Waals surface area contributed by atoms with Crippen LogP contribution in [0, 0.1) is 20.8 Å². The maximum atomic E-state index is 12.8. The number of aromatic nitrogens is 3. The number of anilines is 1. The van der Waals surface area contributed by atoms with Crippen molar-refractivity contribution in [2.75, 3.05) is 25.5 Å². The number of pyridine rings is 1. The Morgan fingerprint density at radius 2 is 1.86 bits per heavy atom. The van der Waals surface area contributed by atoms with Crippen LogP contribution in [0.1, 0.15) is 32.9 Å². The van der Waals surface area contributed by atoms with Crippen molar-refractivity contribution in [3.63, 3.8) is 0 Å². The molecule has 6 nitrogen and oxygen atoms in total. The molecule has 0 aliphatic rings. The lowest BCUT2D eigenvalue weighted by molar-refractivity contribution is 0.0954. The molecule has 0 radical (unpaired) electrons. The van der Waals surface area contributed by atoms with Gasteiger partial charge in [0.1, 0.15) is 5.82 Å². The number of rotatable bonds is 6. The first kappa shape index (κ1) is 19.6. The highest BCUT2D eigenvalue weighted by Gasteiger charge is 2.16. The zero-order valence-corrected chi connectivity index (χ0v) is 17.1. The zero-order valence-electron chi connectivity index (χ0n) is 17.1. The average molecular weight is 377 g/mol. The van der Waals surface area contributed by atoms with Gasteiger partial charge in [0.15, 0.2) is 0 Å². The van der Waals surface area contributed by atoms with Gasteiger partial charge < -0.3 is 10.2 Å². The van der Waals surface area contributed by atoms with Crippen molar-refractivity contribution in [2.24, 2.45) is 0 Å². The lowest BCUT2D eigenvalue weighted by Gasteiger charge is -2.18. The van der Waals surface area contributed by atoms with E-state index >= 15 is 0 Å². The fourth-order valence-electron chi connectivity index (χ4n) is 3.32. The van der Waals surface area contributed by atoms with Gasteiger partial charge in [0, 0.05) is 31.9 Å². The third-order valence-electron chi connectivity index (χ3n) is 4.91. The van der Waals surface area contributed by atoms with Gasteiger partial charge in [-0.15, -0.1) is 0 Å². The number of nitrogens with one attached hydrogen (secondary N) is 2. The van der Waals surface area contributed by atoms with Gasteiger partial charge >= 0.3 is 0 Å². The molecule has 0 spiro atoms. The molecular weight excluding hydrogens is 350 g/mol. The molecule has 0 fully saturated rings. The van der Waals surface area contributed by atoms with Crippen molar-refractivity contribution < 1.29 is 4.79 Å². The molecule has 0 aliphatic carbocycles. The van der Waals surface area contributed by atoms with Crippen LogP contribution in [0.15, 0.2) is 36.4 Å². The molecular formula is C22H27N5O. The van der Waals surface area contributed by atoms with E-state index in [0.29, 0.717) is 17.9 Å². The van der Waals surface area contributed by atoms with E-state index in [4.69, 9.17) is 4.98 Å². The summed E-state index contributed by atoms with van der Waals surface area (Å²) < 4.78 is 0. The molecule has 2 heterocycles. The molecule has 1 aromatic carbocycles. The molecule has 0 saturated heterocycles. The van der Waals surface area contributed by atoms with Crippen molar-refractivity contribution in [2.45, 2.75) is 27.2 Å². The van der Waals surface area contributed by atoms with Gasteiger partial charge in [-0.2, -0.15) is 5.10 Å². The summed E-state index contributed by atoms with van der Waals surface area (Å²) >= 11 is 0. The Morgan fingerprint density at radius 3 is 2.50 bits per heavy atom. The Bertz CT molecular complexity index is 971. The quantitative estimate of drug-likeness (QED) is 0.690. The maximum Gasteiger partial charge on any atom is 0.255 e. The topological polar surface area (TPSA) is 73.9 Å². The molecule has 1 amide bonds. The molecule has 0 atom stereocenters. The molecule has 3 rings (SSSR count). The molecule has 2 N–H and O–H groups in total. The number of nitrogens with zero attached hydrogens (tertiary/aromatic N) is 3. The largest absolute Gasteiger partial charge is 0.362 e. The van der Waals surface area contributed by atoms with Crippen LogP contribution >= 0.6 is 0 Å². The molecule has 3 aromatic rings. The van der Waals surface area contributed by atoms with Crippen LogP contribution in [0.5, 0.6) is 0 Å². The minimum Gasteiger partial charge on any atom is -0.362 e. The smallest absolute Gasteiger partial charge is 0.255 e. The van der Waals surface area contributed by atoms with E-state index < -0.39 is 0 Å². The van der Waals surface area contributed by atoms with E-state index in [0.717, 1.165) is 40.2 Å². The van der Waals surface area contributed by atoms with E-state index in [1.807, 2.05) is 63.2 Å². The third-order valence-corrected chi connectivity index (χ3v) is 4.91. The number of carbonyl (C=O) groups excluding carboxylic acids is 1. The lowest BCUT2D eigenvalue weighted by atomic mass is 10.0. The van der Waals surface area contributed by atoms with E-state index in [-0.39, 0.29) is 5.91 Å². The monoisotopic (exact) mass is 377 g/mol. The van der Waals surface area contributed by atoms with Crippen molar-refractivity contribution in [3.05, 3.63) is 64.5 Å². The van der Waals surface area contributed by atoms with Crippen LogP contribution in [0.25, 0.3) is 11.3 Å². The summed E-state index contributed by atoms with van der Waals surface area (Å²) in [6, 6.07) is 11.9.